The summed E-state index contributed by atoms with van der Waals surface area (Å²) in [7, 11) is -7.87. The van der Waals surface area contributed by atoms with E-state index in [2.05, 4.69) is 23.3 Å². The molecule has 0 amide bonds. The molecule has 0 heterocycles. The Morgan fingerprint density at radius 2 is 0.679 bits per heavy atom. The molecule has 0 saturated carbocycles. The second-order valence-electron chi connectivity index (χ2n) is 14.6. The third-order valence-corrected chi connectivity index (χ3v) is 13.2. The van der Waals surface area contributed by atoms with Gasteiger partial charge in [-0.2, -0.15) is 0 Å². The van der Waals surface area contributed by atoms with E-state index in [0.29, 0.717) is 12.8 Å². The van der Waals surface area contributed by atoms with Crippen LogP contribution in [0.3, 0.4) is 0 Å². The monoisotopic (exact) mass is 796 g/mol. The van der Waals surface area contributed by atoms with E-state index >= 15 is 0 Å². The second-order valence-corrected chi connectivity index (χ2v) is 18.3. The van der Waals surface area contributed by atoms with E-state index in [-0.39, 0.29) is 78.5 Å². The number of anilines is 2. The Morgan fingerprint density at radius 3 is 1.02 bits per heavy atom. The maximum Gasteiger partial charge on any atom is 0.232 e. The third kappa shape index (κ3) is 8.56. The second kappa shape index (κ2) is 17.5. The van der Waals surface area contributed by atoms with Crippen LogP contribution in [0.4, 0.5) is 11.4 Å². The number of sulfonamides is 2. The van der Waals surface area contributed by atoms with Crippen LogP contribution in [-0.4, -0.2) is 51.5 Å². The number of carbonyl (C=O) groups is 4. The number of benzene rings is 4. The molecule has 0 atom stereocenters. The van der Waals surface area contributed by atoms with E-state index < -0.39 is 43.2 Å². The van der Waals surface area contributed by atoms with Crippen molar-refractivity contribution < 1.29 is 36.0 Å². The summed E-state index contributed by atoms with van der Waals surface area (Å²) in [5.41, 5.74) is -0.000934. The smallest absolute Gasteiger partial charge is 0.232 e. The molecule has 294 valence electrons. The summed E-state index contributed by atoms with van der Waals surface area (Å²) in [5.74, 6) is -2.61. The lowest BCUT2D eigenvalue weighted by Gasteiger charge is -2.27. The molecule has 0 bridgehead atoms. The first-order chi connectivity index (χ1) is 26.9. The van der Waals surface area contributed by atoms with Crippen LogP contribution < -0.4 is 9.44 Å². The zero-order valence-electron chi connectivity index (χ0n) is 31.9. The minimum Gasteiger partial charge on any atom is -0.289 e. The highest BCUT2D eigenvalue weighted by atomic mass is 32.2. The molecule has 0 saturated heterocycles. The van der Waals surface area contributed by atoms with E-state index in [1.807, 2.05) is 0 Å². The number of rotatable bonds is 19. The summed E-state index contributed by atoms with van der Waals surface area (Å²) in [6.45, 7) is 4.21. The van der Waals surface area contributed by atoms with E-state index in [4.69, 9.17) is 0 Å². The molecule has 56 heavy (non-hydrogen) atoms. The number of nitrogens with one attached hydrogen (secondary N) is 2. The Kier molecular flexibility index (Phi) is 12.7. The highest BCUT2D eigenvalue weighted by molar-refractivity contribution is 7.93. The lowest BCUT2D eigenvalue weighted by Crippen LogP contribution is -2.27. The summed E-state index contributed by atoms with van der Waals surface area (Å²) in [6.07, 6.45) is 10.5. The van der Waals surface area contributed by atoms with Gasteiger partial charge in [0.15, 0.2) is 23.1 Å². The van der Waals surface area contributed by atoms with Gasteiger partial charge in [0.25, 0.3) is 0 Å². The minimum absolute atomic E-state index is 0.0664. The zero-order valence-corrected chi connectivity index (χ0v) is 33.5. The Hall–Kier alpha value is -4.94. The molecule has 12 heteroatoms. The molecule has 0 unspecified atom stereocenters. The van der Waals surface area contributed by atoms with Gasteiger partial charge in [0.2, 0.25) is 20.0 Å². The van der Waals surface area contributed by atoms with Gasteiger partial charge in [0.1, 0.15) is 0 Å². The van der Waals surface area contributed by atoms with Crippen LogP contribution in [0, 0.1) is 0 Å². The van der Waals surface area contributed by atoms with E-state index in [0.717, 1.165) is 64.2 Å². The number of unbranched alkanes of at least 4 members (excludes halogenated alkanes) is 10. The lowest BCUT2D eigenvalue weighted by atomic mass is 9.76. The summed E-state index contributed by atoms with van der Waals surface area (Å²) >= 11 is 0. The molecule has 0 fully saturated rings. The molecule has 2 N–H and O–H groups in total. The largest absolute Gasteiger partial charge is 0.289 e. The van der Waals surface area contributed by atoms with Crippen molar-refractivity contribution in [2.45, 2.75) is 90.9 Å². The van der Waals surface area contributed by atoms with Crippen LogP contribution in [0.25, 0.3) is 11.1 Å². The predicted molar refractivity (Wildman–Crippen MR) is 220 cm³/mol. The molecule has 6 rings (SSSR count). The van der Waals surface area contributed by atoms with E-state index in [1.165, 1.54) is 48.5 Å². The topological polar surface area (TPSA) is 161 Å². The third-order valence-electron chi connectivity index (χ3n) is 10.5. The molecule has 10 nitrogen and oxygen atoms in total. The highest BCUT2D eigenvalue weighted by Crippen LogP contribution is 2.44. The first kappa shape index (κ1) is 40.7. The molecular weight excluding hydrogens is 749 g/mol. The maximum absolute atomic E-state index is 14.4. The number of ketones is 4. The SMILES string of the molecule is CCCCCCCCS(=O)(=O)Nc1ccc(-c2ccc(NS(=O)(=O)CCCCCCCC)c3c2C(=O)c2ccccc2C3=O)c2c1C(=O)c1ccccc1C2=O. The van der Waals surface area contributed by atoms with Gasteiger partial charge in [-0.3, -0.25) is 28.6 Å². The van der Waals surface area contributed by atoms with Gasteiger partial charge < -0.3 is 0 Å². The first-order valence-electron chi connectivity index (χ1n) is 19.6. The molecule has 2 aliphatic rings. The molecule has 0 radical (unpaired) electrons. The van der Waals surface area contributed by atoms with Crippen LogP contribution in [-0.2, 0) is 20.0 Å². The van der Waals surface area contributed by atoms with Crippen LogP contribution in [0.2, 0.25) is 0 Å². The van der Waals surface area contributed by atoms with Crippen molar-refractivity contribution in [3.8, 4) is 11.1 Å². The molecule has 0 spiro atoms. The fraction of sp³-hybridized carbons (Fsp3) is 0.364. The van der Waals surface area contributed by atoms with Crippen LogP contribution in [0.1, 0.15) is 155 Å². The zero-order chi connectivity index (χ0) is 40.0. The Bertz CT molecular complexity index is 2250. The van der Waals surface area contributed by atoms with Crippen LogP contribution >= 0.6 is 0 Å². The standard InChI is InChI=1S/C44H48N2O8S2/c1-3-5-7-9-11-17-27-55(51,52)45-35-25-23-29(37-39(35)43(49)33-21-15-13-19-31(33)41(37)47)30-24-26-36(46-56(53,54)28-18-12-10-8-6-4-2)40-38(30)42(48)32-20-14-16-22-34(32)44(40)50/h13-16,19-26,45-46H,3-12,17-18,27-28H2,1-2H3. The summed E-state index contributed by atoms with van der Waals surface area (Å²) < 4.78 is 58.7. The lowest BCUT2D eigenvalue weighted by molar-refractivity contribution is 0.0978. The van der Waals surface area contributed by atoms with Crippen LogP contribution in [0.15, 0.2) is 72.8 Å². The van der Waals surface area contributed by atoms with Crippen molar-refractivity contribution in [1.29, 1.82) is 0 Å². The summed E-state index contributed by atoms with van der Waals surface area (Å²) in [4.78, 5) is 57.4. The number of hydrogen-bond acceptors (Lipinski definition) is 8. The average molecular weight is 797 g/mol. The fourth-order valence-corrected chi connectivity index (χ4v) is 10.0. The van der Waals surface area contributed by atoms with Crippen molar-refractivity contribution in [3.63, 3.8) is 0 Å². The molecule has 0 aliphatic heterocycles. The van der Waals surface area contributed by atoms with Gasteiger partial charge in [-0.1, -0.05) is 139 Å². The number of carbonyl (C=O) groups excluding carboxylic acids is 4. The highest BCUT2D eigenvalue weighted by Gasteiger charge is 2.39. The van der Waals surface area contributed by atoms with E-state index in [9.17, 15) is 36.0 Å². The molecule has 2 aliphatic carbocycles. The normalized spacial score (nSPS) is 13.5. The molecule has 4 aromatic rings. The van der Waals surface area contributed by atoms with Crippen molar-refractivity contribution in [3.05, 3.63) is 117 Å². The van der Waals surface area contributed by atoms with Crippen molar-refractivity contribution >= 4 is 54.6 Å². The Balaban J connectivity index is 1.45. The minimum atomic E-state index is -3.93. The van der Waals surface area contributed by atoms with Gasteiger partial charge in [-0.05, 0) is 36.1 Å². The molecule has 0 aromatic heterocycles. The van der Waals surface area contributed by atoms with Crippen molar-refractivity contribution in [2.75, 3.05) is 20.9 Å². The van der Waals surface area contributed by atoms with E-state index in [1.54, 1.807) is 24.3 Å². The number of fused-ring (bicyclic) bond motifs is 4. The first-order valence-corrected chi connectivity index (χ1v) is 22.9. The van der Waals surface area contributed by atoms with Gasteiger partial charge >= 0.3 is 0 Å². The van der Waals surface area contributed by atoms with Gasteiger partial charge in [-0.25, -0.2) is 16.8 Å². The van der Waals surface area contributed by atoms with Gasteiger partial charge in [0, 0.05) is 33.4 Å². The fourth-order valence-electron chi connectivity index (χ4n) is 7.65. The Labute approximate surface area is 329 Å². The maximum atomic E-state index is 14.4. The molecule has 4 aromatic carbocycles. The quantitative estimate of drug-likeness (QED) is 0.0768. The summed E-state index contributed by atoms with van der Waals surface area (Å²) in [6, 6.07) is 18.3. The van der Waals surface area contributed by atoms with Gasteiger partial charge in [-0.15, -0.1) is 0 Å². The Morgan fingerprint density at radius 1 is 0.375 bits per heavy atom. The average Bonchev–Trinajstić information content (AvgIpc) is 3.18. The number of hydrogen-bond donors (Lipinski definition) is 2. The van der Waals surface area contributed by atoms with Gasteiger partial charge in [0.05, 0.1) is 34.0 Å². The van der Waals surface area contributed by atoms with Crippen molar-refractivity contribution in [2.24, 2.45) is 0 Å². The van der Waals surface area contributed by atoms with Crippen molar-refractivity contribution in [1.82, 2.24) is 0 Å². The summed E-state index contributed by atoms with van der Waals surface area (Å²) in [5, 5.41) is 0. The molecular formula is C44H48N2O8S2. The predicted octanol–water partition coefficient (Wildman–Crippen LogP) is 9.11. The van der Waals surface area contributed by atoms with Crippen LogP contribution in [0.5, 0.6) is 0 Å².